The molecule has 9 nitrogen and oxygen atoms in total. The van der Waals surface area contributed by atoms with E-state index in [9.17, 15) is 9.59 Å². The number of hydrogen-bond acceptors (Lipinski definition) is 7. The monoisotopic (exact) mass is 504 g/mol. The Morgan fingerprint density at radius 2 is 1.84 bits per heavy atom. The van der Waals surface area contributed by atoms with Crippen molar-refractivity contribution in [2.45, 2.75) is 77.5 Å². The third-order valence-electron chi connectivity index (χ3n) is 7.09. The van der Waals surface area contributed by atoms with Crippen molar-refractivity contribution in [3.05, 3.63) is 52.4 Å². The number of anilines is 3. The molecule has 1 saturated heterocycles. The van der Waals surface area contributed by atoms with Crippen molar-refractivity contribution in [2.24, 2.45) is 0 Å². The van der Waals surface area contributed by atoms with Crippen LogP contribution >= 0.6 is 0 Å². The van der Waals surface area contributed by atoms with Crippen LogP contribution in [0.3, 0.4) is 0 Å². The minimum Gasteiger partial charge on any atom is -0.444 e. The summed E-state index contributed by atoms with van der Waals surface area (Å²) in [4.78, 5) is 36.5. The van der Waals surface area contributed by atoms with Gasteiger partial charge >= 0.3 is 6.09 Å². The zero-order chi connectivity index (χ0) is 26.2. The van der Waals surface area contributed by atoms with E-state index in [2.05, 4.69) is 32.7 Å². The number of nitrogens with zero attached hydrogens (tertiary/aromatic N) is 4. The molecule has 0 spiro atoms. The summed E-state index contributed by atoms with van der Waals surface area (Å²) in [5.41, 5.74) is 3.06. The molecule has 2 fully saturated rings. The van der Waals surface area contributed by atoms with Crippen molar-refractivity contribution in [1.29, 1.82) is 0 Å². The maximum atomic E-state index is 12.9. The lowest BCUT2D eigenvalue weighted by Crippen LogP contribution is -2.40. The fourth-order valence-corrected chi connectivity index (χ4v) is 5.32. The number of carbonyl (C=O) groups excluding carboxylic acids is 1. The van der Waals surface area contributed by atoms with Gasteiger partial charge < -0.3 is 20.3 Å². The Hall–Kier alpha value is -3.62. The van der Waals surface area contributed by atoms with Gasteiger partial charge in [0.2, 0.25) is 5.95 Å². The second-order valence-corrected chi connectivity index (χ2v) is 11.2. The van der Waals surface area contributed by atoms with Gasteiger partial charge in [0.15, 0.2) is 0 Å². The first-order valence-corrected chi connectivity index (χ1v) is 13.2. The molecule has 196 valence electrons. The van der Waals surface area contributed by atoms with Crippen LogP contribution < -0.4 is 21.1 Å². The summed E-state index contributed by atoms with van der Waals surface area (Å²) in [6, 6.07) is 10.1. The number of fused-ring (bicyclic) bond motifs is 1. The highest BCUT2D eigenvalue weighted by molar-refractivity contribution is 5.79. The smallest absolute Gasteiger partial charge is 0.407 e. The third-order valence-corrected chi connectivity index (χ3v) is 7.09. The number of amides is 1. The van der Waals surface area contributed by atoms with Crippen molar-refractivity contribution in [3.8, 4) is 0 Å². The van der Waals surface area contributed by atoms with Crippen LogP contribution in [-0.4, -0.2) is 45.4 Å². The van der Waals surface area contributed by atoms with Crippen LogP contribution in [0, 0.1) is 6.92 Å². The summed E-state index contributed by atoms with van der Waals surface area (Å²) in [7, 11) is 0. The predicted octanol–water partition coefficient (Wildman–Crippen LogP) is 5.06. The van der Waals surface area contributed by atoms with E-state index in [0.29, 0.717) is 11.6 Å². The molecule has 1 aliphatic carbocycles. The second-order valence-electron chi connectivity index (χ2n) is 11.2. The number of carbonyl (C=O) groups is 1. The zero-order valence-corrected chi connectivity index (χ0v) is 22.1. The number of aromatic nitrogens is 3. The van der Waals surface area contributed by atoms with E-state index in [1.807, 2.05) is 44.4 Å². The van der Waals surface area contributed by atoms with Gasteiger partial charge in [-0.15, -0.1) is 0 Å². The van der Waals surface area contributed by atoms with Crippen LogP contribution in [0.25, 0.3) is 11.0 Å². The fourth-order valence-electron chi connectivity index (χ4n) is 5.32. The van der Waals surface area contributed by atoms with Crippen LogP contribution in [0.15, 0.2) is 41.3 Å². The molecule has 37 heavy (non-hydrogen) atoms. The summed E-state index contributed by atoms with van der Waals surface area (Å²) >= 11 is 0. The molecule has 3 aromatic rings. The minimum absolute atomic E-state index is 0.0102. The average molecular weight is 505 g/mol. The molecule has 9 heteroatoms. The normalized spacial score (nSPS) is 18.4. The Labute approximate surface area is 217 Å². The molecule has 1 atom stereocenters. The molecule has 1 aromatic carbocycles. The zero-order valence-electron chi connectivity index (χ0n) is 22.1. The van der Waals surface area contributed by atoms with E-state index >= 15 is 0 Å². The van der Waals surface area contributed by atoms with Crippen LogP contribution in [0.5, 0.6) is 0 Å². The maximum Gasteiger partial charge on any atom is 0.407 e. The fraction of sp³-hybridized carbons (Fsp3) is 0.500. The second kappa shape index (κ2) is 10.0. The van der Waals surface area contributed by atoms with Crippen LogP contribution in [0.1, 0.15) is 64.5 Å². The summed E-state index contributed by atoms with van der Waals surface area (Å²) in [6.45, 7) is 9.12. The van der Waals surface area contributed by atoms with E-state index < -0.39 is 5.60 Å². The molecule has 1 saturated carbocycles. The van der Waals surface area contributed by atoms with Crippen LogP contribution in [0.4, 0.5) is 22.1 Å². The summed E-state index contributed by atoms with van der Waals surface area (Å²) in [6.07, 6.45) is 6.61. The standard InChI is InChI=1S/C28H36N6O3/c1-18-15-24(35)34(22-7-5-6-8-22)25-23(18)16-29-26(32-25)30-19-9-11-21(12-10-19)33-14-13-20(17-33)31-27(36)37-28(2,3)4/h9-12,15-16,20,22H,5-8,13-14,17H2,1-4H3,(H,31,36)(H,29,30,32). The van der Waals surface area contributed by atoms with Crippen molar-refractivity contribution in [3.63, 3.8) is 0 Å². The summed E-state index contributed by atoms with van der Waals surface area (Å²) in [5, 5.41) is 7.18. The van der Waals surface area contributed by atoms with Gasteiger partial charge in [0.1, 0.15) is 11.2 Å². The molecular formula is C28H36N6O3. The Morgan fingerprint density at radius 1 is 1.11 bits per heavy atom. The first-order valence-electron chi connectivity index (χ1n) is 13.2. The number of pyridine rings is 1. The van der Waals surface area contributed by atoms with Gasteiger partial charge in [0.25, 0.3) is 5.56 Å². The lowest BCUT2D eigenvalue weighted by Gasteiger charge is -2.22. The quantitative estimate of drug-likeness (QED) is 0.501. The Kier molecular flexibility index (Phi) is 6.79. The van der Waals surface area contributed by atoms with E-state index in [1.54, 1.807) is 12.3 Å². The largest absolute Gasteiger partial charge is 0.444 e. The lowest BCUT2D eigenvalue weighted by atomic mass is 10.1. The van der Waals surface area contributed by atoms with E-state index in [4.69, 9.17) is 9.72 Å². The number of nitrogens with one attached hydrogen (secondary N) is 2. The topological polar surface area (TPSA) is 101 Å². The highest BCUT2D eigenvalue weighted by Crippen LogP contribution is 2.31. The molecule has 1 unspecified atom stereocenters. The average Bonchev–Trinajstić information content (AvgIpc) is 3.51. The van der Waals surface area contributed by atoms with Crippen molar-refractivity contribution >= 4 is 34.4 Å². The molecule has 2 aliphatic rings. The number of aryl methyl sites for hydroxylation is 1. The van der Waals surface area contributed by atoms with Crippen molar-refractivity contribution < 1.29 is 9.53 Å². The number of benzene rings is 1. The van der Waals surface area contributed by atoms with Gasteiger partial charge in [-0.05, 0) is 76.8 Å². The van der Waals surface area contributed by atoms with Crippen LogP contribution in [0.2, 0.25) is 0 Å². The van der Waals surface area contributed by atoms with Gasteiger partial charge in [-0.2, -0.15) is 4.98 Å². The van der Waals surface area contributed by atoms with E-state index in [-0.39, 0.29) is 23.7 Å². The molecule has 5 rings (SSSR count). The highest BCUT2D eigenvalue weighted by Gasteiger charge is 2.26. The SMILES string of the molecule is Cc1cc(=O)n(C2CCCC2)c2nc(Nc3ccc(N4CCC(NC(=O)OC(C)(C)C)C4)cc3)ncc12. The number of rotatable bonds is 5. The highest BCUT2D eigenvalue weighted by atomic mass is 16.6. The van der Waals surface area contributed by atoms with Crippen molar-refractivity contribution in [2.75, 3.05) is 23.3 Å². The van der Waals surface area contributed by atoms with Crippen LogP contribution in [-0.2, 0) is 4.74 Å². The minimum atomic E-state index is -0.507. The molecule has 2 N–H and O–H groups in total. The molecule has 1 aliphatic heterocycles. The number of hydrogen-bond donors (Lipinski definition) is 2. The molecule has 2 aromatic heterocycles. The first-order chi connectivity index (χ1) is 17.7. The van der Waals surface area contributed by atoms with E-state index in [0.717, 1.165) is 67.5 Å². The predicted molar refractivity (Wildman–Crippen MR) is 146 cm³/mol. The van der Waals surface area contributed by atoms with Gasteiger partial charge in [-0.1, -0.05) is 12.8 Å². The van der Waals surface area contributed by atoms with Crippen molar-refractivity contribution in [1.82, 2.24) is 19.9 Å². The molecule has 0 radical (unpaired) electrons. The molecular weight excluding hydrogens is 468 g/mol. The number of alkyl carbamates (subject to hydrolysis) is 1. The van der Waals surface area contributed by atoms with Gasteiger partial charge in [0, 0.05) is 48.2 Å². The first kappa shape index (κ1) is 25.0. The third kappa shape index (κ3) is 5.70. The Morgan fingerprint density at radius 3 is 2.54 bits per heavy atom. The Balaban J connectivity index is 1.28. The van der Waals surface area contributed by atoms with Gasteiger partial charge in [0.05, 0.1) is 6.04 Å². The molecule has 3 heterocycles. The van der Waals surface area contributed by atoms with E-state index in [1.165, 1.54) is 0 Å². The summed E-state index contributed by atoms with van der Waals surface area (Å²) in [5.74, 6) is 0.472. The maximum absolute atomic E-state index is 12.9. The Bertz CT molecular complexity index is 1340. The molecule has 1 amide bonds. The lowest BCUT2D eigenvalue weighted by molar-refractivity contribution is 0.0509. The van der Waals surface area contributed by atoms with Gasteiger partial charge in [-0.3, -0.25) is 9.36 Å². The number of ether oxygens (including phenoxy) is 1. The van der Waals surface area contributed by atoms with Gasteiger partial charge in [-0.25, -0.2) is 9.78 Å². The summed E-state index contributed by atoms with van der Waals surface area (Å²) < 4.78 is 7.24. The molecule has 0 bridgehead atoms.